The predicted molar refractivity (Wildman–Crippen MR) is 200 cm³/mol. The van der Waals surface area contributed by atoms with E-state index in [-0.39, 0.29) is 0 Å². The van der Waals surface area contributed by atoms with Gasteiger partial charge in [-0.1, -0.05) is 0 Å². The molecular formula is C24H67N3O12Si8. The van der Waals surface area contributed by atoms with E-state index in [9.17, 15) is 0 Å². The van der Waals surface area contributed by atoms with Gasteiger partial charge in [0.05, 0.1) is 0 Å². The van der Waals surface area contributed by atoms with Crippen LogP contribution in [0, 0.1) is 0 Å². The molecule has 282 valence electrons. The van der Waals surface area contributed by atoms with Crippen LogP contribution in [0.5, 0.6) is 0 Å². The van der Waals surface area contributed by atoms with E-state index < -0.39 is 69.5 Å². The first-order chi connectivity index (χ1) is 21.6. The molecule has 2 fully saturated rings. The summed E-state index contributed by atoms with van der Waals surface area (Å²) in [5.41, 5.74) is 17.1. The number of hydrogen-bond acceptors (Lipinski definition) is 15. The van der Waals surface area contributed by atoms with E-state index in [0.717, 1.165) is 25.3 Å². The van der Waals surface area contributed by atoms with Crippen molar-refractivity contribution in [2.75, 3.05) is 47.1 Å². The first kappa shape index (κ1) is 46.2. The van der Waals surface area contributed by atoms with Gasteiger partial charge in [-0.15, -0.1) is 0 Å². The van der Waals surface area contributed by atoms with Gasteiger partial charge < -0.3 is 67.8 Å². The van der Waals surface area contributed by atoms with E-state index in [1.165, 1.54) is 0 Å². The smallest absolute Gasteiger partial charge is 0.416 e. The largest absolute Gasteiger partial charge is 0.484 e. The van der Waals surface area contributed by atoms with E-state index >= 15 is 0 Å². The summed E-state index contributed by atoms with van der Waals surface area (Å²) in [6, 6.07) is 2.06. The maximum absolute atomic E-state index is 6.52. The Morgan fingerprint density at radius 3 is 1.19 bits per heavy atom. The van der Waals surface area contributed by atoms with E-state index in [1.807, 2.05) is 72.8 Å². The summed E-state index contributed by atoms with van der Waals surface area (Å²) in [6.45, 7) is 24.4. The molecule has 2 heterocycles. The molecule has 0 amide bonds. The van der Waals surface area contributed by atoms with E-state index in [0.29, 0.717) is 44.9 Å². The standard InChI is InChI=1S/C13H36N2O6Si4.C11H31NO6Si4/c1-7-17-25(13-9-11-15)19-22(3,4)18-23(5,12-8-10-14)20-24(6,16-2)21-25;1-8-14-22(11-9-10-12)17-20(5,6)15-19(3,4)16-21(7,13-2)18-22/h7-15H2,1-6H3;8-12H2,1-7H3. The molecule has 5 unspecified atom stereocenters. The number of nitrogens with two attached hydrogens (primary N) is 3. The van der Waals surface area contributed by atoms with Crippen molar-refractivity contribution in [1.29, 1.82) is 0 Å². The maximum Gasteiger partial charge on any atom is 0.484 e. The molecule has 0 aromatic heterocycles. The third-order valence-electron chi connectivity index (χ3n) is 6.95. The van der Waals surface area contributed by atoms with Crippen LogP contribution in [0.25, 0.3) is 0 Å². The highest BCUT2D eigenvalue weighted by Crippen LogP contribution is 2.36. The van der Waals surface area contributed by atoms with Crippen molar-refractivity contribution in [2.45, 2.75) is 110 Å². The van der Waals surface area contributed by atoms with Crippen molar-refractivity contribution < 1.29 is 50.6 Å². The molecule has 0 bridgehead atoms. The van der Waals surface area contributed by atoms with Crippen LogP contribution < -0.4 is 17.2 Å². The minimum atomic E-state index is -3.01. The van der Waals surface area contributed by atoms with Crippen LogP contribution >= 0.6 is 0 Å². The van der Waals surface area contributed by atoms with Gasteiger partial charge in [0.25, 0.3) is 0 Å². The van der Waals surface area contributed by atoms with Crippen LogP contribution in [-0.4, -0.2) is 117 Å². The van der Waals surface area contributed by atoms with Crippen molar-refractivity contribution in [3.63, 3.8) is 0 Å². The molecule has 0 radical (unpaired) electrons. The molecule has 2 rings (SSSR count). The Kier molecular flexibility index (Phi) is 18.9. The fourth-order valence-corrected chi connectivity index (χ4v) is 44.1. The Morgan fingerprint density at radius 2 is 0.809 bits per heavy atom. The van der Waals surface area contributed by atoms with Gasteiger partial charge in [0.2, 0.25) is 0 Å². The second-order valence-corrected chi connectivity index (χ2v) is 39.5. The first-order valence-electron chi connectivity index (χ1n) is 16.7. The van der Waals surface area contributed by atoms with Crippen LogP contribution in [0.2, 0.25) is 77.1 Å². The molecule has 2 aliphatic heterocycles. The Bertz CT molecular complexity index is 941. The molecule has 2 aliphatic rings. The summed E-state index contributed by atoms with van der Waals surface area (Å²) >= 11 is 0. The quantitative estimate of drug-likeness (QED) is 0.203. The molecule has 0 saturated carbocycles. The second kappa shape index (κ2) is 19.3. The third kappa shape index (κ3) is 15.7. The lowest BCUT2D eigenvalue weighted by Crippen LogP contribution is -2.69. The summed E-state index contributed by atoms with van der Waals surface area (Å²) in [5, 5.41) is 0. The molecule has 47 heavy (non-hydrogen) atoms. The Morgan fingerprint density at radius 1 is 0.447 bits per heavy atom. The van der Waals surface area contributed by atoms with E-state index in [2.05, 4.69) is 0 Å². The predicted octanol–water partition coefficient (Wildman–Crippen LogP) is 3.74. The van der Waals surface area contributed by atoms with Crippen LogP contribution in [0.1, 0.15) is 33.1 Å². The Hall–Kier alpha value is 1.14. The zero-order valence-electron chi connectivity index (χ0n) is 31.4. The molecule has 0 aromatic carbocycles. The van der Waals surface area contributed by atoms with Crippen LogP contribution in [0.3, 0.4) is 0 Å². The van der Waals surface area contributed by atoms with Gasteiger partial charge in [-0.2, -0.15) is 0 Å². The van der Waals surface area contributed by atoms with Crippen molar-refractivity contribution in [3.05, 3.63) is 0 Å². The summed E-state index contributed by atoms with van der Waals surface area (Å²) in [7, 11) is -18.5. The minimum absolute atomic E-state index is 0.497. The maximum atomic E-state index is 6.52. The SMILES string of the molecule is CCO[Si]1(CCCN)O[Si](C)(C)O[Si](C)(C)O[Si](C)(OC)O1.CCO[Si]1(CCCN)O[Si](C)(C)O[Si](C)(CCCN)O[Si](C)(OC)O1. The lowest BCUT2D eigenvalue weighted by molar-refractivity contribution is 0.0856. The van der Waals surface area contributed by atoms with E-state index in [1.54, 1.807) is 14.2 Å². The lowest BCUT2D eigenvalue weighted by Gasteiger charge is -2.48. The fourth-order valence-electron chi connectivity index (χ4n) is 5.67. The molecule has 5 atom stereocenters. The second-order valence-electron chi connectivity index (χ2n) is 13.2. The van der Waals surface area contributed by atoms with Gasteiger partial charge in [-0.25, -0.2) is 0 Å². The molecule has 23 heteroatoms. The Labute approximate surface area is 293 Å². The number of rotatable bonds is 15. The first-order valence-corrected chi connectivity index (χ1v) is 36.0. The fraction of sp³-hybridized carbons (Fsp3) is 1.00. The molecular weight excluding hydrogens is 747 g/mol. The molecule has 6 N–H and O–H groups in total. The topological polar surface area (TPSA) is 189 Å². The zero-order valence-corrected chi connectivity index (χ0v) is 39.4. The van der Waals surface area contributed by atoms with Gasteiger partial charge in [-0.3, -0.25) is 0 Å². The van der Waals surface area contributed by atoms with E-state index in [4.69, 9.17) is 67.8 Å². The van der Waals surface area contributed by atoms with Crippen LogP contribution in [0.4, 0.5) is 0 Å². The average Bonchev–Trinajstić information content (AvgIpc) is 2.91. The van der Waals surface area contributed by atoms with Gasteiger partial charge in [0.15, 0.2) is 0 Å². The number of hydrogen-bond donors (Lipinski definition) is 3. The lowest BCUT2D eigenvalue weighted by atomic mass is 10.5. The van der Waals surface area contributed by atoms with Crippen molar-refractivity contribution >= 4 is 69.5 Å². The molecule has 15 nitrogen and oxygen atoms in total. The normalized spacial score (nSPS) is 35.5. The van der Waals surface area contributed by atoms with Gasteiger partial charge in [-0.05, 0) is 105 Å². The Balaban J connectivity index is 0.000000474. The summed E-state index contributed by atoms with van der Waals surface area (Å²) in [5.74, 6) is 0. The minimum Gasteiger partial charge on any atom is -0.416 e. The summed E-state index contributed by atoms with van der Waals surface area (Å²) in [6.07, 6.45) is 2.36. The third-order valence-corrected chi connectivity index (χ3v) is 39.2. The monoisotopic (exact) mass is 813 g/mol. The van der Waals surface area contributed by atoms with Gasteiger partial charge in [0.1, 0.15) is 0 Å². The molecule has 0 aliphatic carbocycles. The molecule has 2 saturated heterocycles. The average molecular weight is 814 g/mol. The van der Waals surface area contributed by atoms with Gasteiger partial charge in [0, 0.05) is 52.6 Å². The highest BCUT2D eigenvalue weighted by molar-refractivity contribution is 6.92. The van der Waals surface area contributed by atoms with Crippen molar-refractivity contribution in [2.24, 2.45) is 17.2 Å². The van der Waals surface area contributed by atoms with Crippen molar-refractivity contribution in [1.82, 2.24) is 0 Å². The highest BCUT2D eigenvalue weighted by atomic mass is 28.5. The van der Waals surface area contributed by atoms with Crippen molar-refractivity contribution in [3.8, 4) is 0 Å². The highest BCUT2D eigenvalue weighted by Gasteiger charge is 2.61. The van der Waals surface area contributed by atoms with Gasteiger partial charge >= 0.3 is 69.5 Å². The zero-order chi connectivity index (χ0) is 36.3. The van der Waals surface area contributed by atoms with Crippen LogP contribution in [0.15, 0.2) is 0 Å². The summed E-state index contributed by atoms with van der Waals surface area (Å²) in [4.78, 5) is 0. The summed E-state index contributed by atoms with van der Waals surface area (Å²) < 4.78 is 74.6. The molecule has 0 spiro atoms. The van der Waals surface area contributed by atoms with Crippen LogP contribution in [-0.2, 0) is 50.6 Å². The molecule has 0 aromatic rings.